The molecule has 1 heterocycles. The highest BCUT2D eigenvalue weighted by atomic mass is 32.2. The Morgan fingerprint density at radius 3 is 2.42 bits per heavy atom. The number of thioether (sulfide) groups is 1. The number of halogens is 2. The van der Waals surface area contributed by atoms with E-state index in [0.717, 1.165) is 11.8 Å². The van der Waals surface area contributed by atoms with Gasteiger partial charge in [0.25, 0.3) is 5.56 Å². The molecule has 2 aromatic carbocycles. The van der Waals surface area contributed by atoms with Gasteiger partial charge in [-0.25, -0.2) is 9.78 Å². The van der Waals surface area contributed by atoms with Crippen LogP contribution in [0.2, 0.25) is 0 Å². The second kappa shape index (κ2) is 9.99. The van der Waals surface area contributed by atoms with E-state index in [2.05, 4.69) is 20.4 Å². The van der Waals surface area contributed by atoms with Gasteiger partial charge in [0.05, 0.1) is 22.3 Å². The predicted molar refractivity (Wildman–Crippen MR) is 121 cm³/mol. The maximum Gasteiger partial charge on any atom is 0.387 e. The lowest BCUT2D eigenvalue weighted by Crippen LogP contribution is -2.48. The van der Waals surface area contributed by atoms with E-state index in [1.807, 2.05) is 0 Å². The fourth-order valence-corrected chi connectivity index (χ4v) is 3.69. The quantitative estimate of drug-likeness (QED) is 0.416. The zero-order valence-electron chi connectivity index (χ0n) is 18.1. The molecule has 3 aromatic rings. The lowest BCUT2D eigenvalue weighted by Gasteiger charge is -2.20. The van der Waals surface area contributed by atoms with Crippen LogP contribution in [0.1, 0.15) is 20.8 Å². The van der Waals surface area contributed by atoms with Gasteiger partial charge in [0.2, 0.25) is 5.91 Å². The summed E-state index contributed by atoms with van der Waals surface area (Å²) in [6.07, 6.45) is 0. The molecule has 33 heavy (non-hydrogen) atoms. The molecule has 0 spiro atoms. The number of carbonyl (C=O) groups excluding carboxylic acids is 2. The van der Waals surface area contributed by atoms with Crippen molar-refractivity contribution in [1.82, 2.24) is 20.2 Å². The van der Waals surface area contributed by atoms with Crippen LogP contribution in [0.25, 0.3) is 16.6 Å². The number of hydrogen-bond donors (Lipinski definition) is 2. The summed E-state index contributed by atoms with van der Waals surface area (Å²) >= 11 is 0.962. The molecule has 3 rings (SSSR count). The number of aromatic nitrogens is 2. The van der Waals surface area contributed by atoms with Gasteiger partial charge >= 0.3 is 12.6 Å². The summed E-state index contributed by atoms with van der Waals surface area (Å²) in [6, 6.07) is 11.6. The van der Waals surface area contributed by atoms with Crippen LogP contribution in [0, 0.1) is 0 Å². The summed E-state index contributed by atoms with van der Waals surface area (Å²) in [5.74, 6) is -0.820. The van der Waals surface area contributed by atoms with Crippen LogP contribution >= 0.6 is 11.8 Å². The first-order valence-electron chi connectivity index (χ1n) is 9.85. The van der Waals surface area contributed by atoms with E-state index in [1.165, 1.54) is 28.8 Å². The summed E-state index contributed by atoms with van der Waals surface area (Å²) in [5.41, 5.74) is -0.118. The Hall–Kier alpha value is -3.47. The van der Waals surface area contributed by atoms with Crippen molar-refractivity contribution in [3.05, 3.63) is 58.9 Å². The van der Waals surface area contributed by atoms with E-state index in [-0.39, 0.29) is 16.7 Å². The molecule has 3 amide bonds. The van der Waals surface area contributed by atoms with Gasteiger partial charge in [-0.15, -0.1) is 0 Å². The lowest BCUT2D eigenvalue weighted by atomic mass is 10.1. The van der Waals surface area contributed by atoms with Crippen LogP contribution in [0.3, 0.4) is 0 Å². The molecule has 0 bridgehead atoms. The van der Waals surface area contributed by atoms with Crippen molar-refractivity contribution < 1.29 is 23.1 Å². The molecule has 174 valence electrons. The summed E-state index contributed by atoms with van der Waals surface area (Å²) in [4.78, 5) is 41.9. The summed E-state index contributed by atoms with van der Waals surface area (Å²) in [5, 5.41) is 5.40. The third-order valence-corrected chi connectivity index (χ3v) is 5.08. The fourth-order valence-electron chi connectivity index (χ4n) is 2.88. The molecule has 8 nitrogen and oxygen atoms in total. The first-order chi connectivity index (χ1) is 15.5. The van der Waals surface area contributed by atoms with Crippen LogP contribution in [0.5, 0.6) is 5.75 Å². The van der Waals surface area contributed by atoms with E-state index >= 15 is 0 Å². The number of alkyl halides is 2. The highest BCUT2D eigenvalue weighted by Gasteiger charge is 2.18. The molecular formula is C22H22F2N4O4S. The zero-order chi connectivity index (χ0) is 24.2. The second-order valence-electron chi connectivity index (χ2n) is 7.97. The van der Waals surface area contributed by atoms with E-state index in [0.29, 0.717) is 16.6 Å². The highest BCUT2D eigenvalue weighted by molar-refractivity contribution is 7.99. The maximum atomic E-state index is 13.2. The van der Waals surface area contributed by atoms with Crippen LogP contribution in [0.4, 0.5) is 13.6 Å². The molecule has 2 N–H and O–H groups in total. The van der Waals surface area contributed by atoms with Gasteiger partial charge in [-0.05, 0) is 57.2 Å². The van der Waals surface area contributed by atoms with Gasteiger partial charge in [0.15, 0.2) is 5.16 Å². The number of para-hydroxylation sites is 1. The topological polar surface area (TPSA) is 102 Å². The average Bonchev–Trinajstić information content (AvgIpc) is 2.71. The maximum absolute atomic E-state index is 13.2. The smallest absolute Gasteiger partial charge is 0.387 e. The van der Waals surface area contributed by atoms with Gasteiger partial charge < -0.3 is 10.1 Å². The van der Waals surface area contributed by atoms with Crippen molar-refractivity contribution in [2.24, 2.45) is 0 Å². The normalized spacial score (nSPS) is 11.5. The number of imide groups is 1. The van der Waals surface area contributed by atoms with Gasteiger partial charge in [-0.3, -0.25) is 19.5 Å². The number of fused-ring (bicyclic) bond motifs is 1. The Balaban J connectivity index is 1.90. The Bertz CT molecular complexity index is 1220. The fraction of sp³-hybridized carbons (Fsp3) is 0.273. The zero-order valence-corrected chi connectivity index (χ0v) is 18.9. The molecule has 0 unspecified atom stereocenters. The molecule has 0 aliphatic carbocycles. The van der Waals surface area contributed by atoms with E-state index in [9.17, 15) is 23.2 Å². The summed E-state index contributed by atoms with van der Waals surface area (Å²) in [7, 11) is 0. The monoisotopic (exact) mass is 476 g/mol. The first kappa shape index (κ1) is 24.2. The van der Waals surface area contributed by atoms with Gasteiger partial charge in [-0.2, -0.15) is 8.78 Å². The van der Waals surface area contributed by atoms with Crippen LogP contribution in [-0.4, -0.2) is 39.4 Å². The number of rotatable bonds is 6. The number of benzene rings is 2. The number of amides is 3. The number of ether oxygens (including phenoxy) is 1. The van der Waals surface area contributed by atoms with Crippen LogP contribution in [0.15, 0.2) is 58.5 Å². The lowest BCUT2D eigenvalue weighted by molar-refractivity contribution is -0.117. The molecular weight excluding hydrogens is 454 g/mol. The molecule has 11 heteroatoms. The summed E-state index contributed by atoms with van der Waals surface area (Å²) < 4.78 is 30.5. The number of hydrogen-bond acceptors (Lipinski definition) is 6. The minimum absolute atomic E-state index is 0.0611. The van der Waals surface area contributed by atoms with E-state index < -0.39 is 29.6 Å². The average molecular weight is 477 g/mol. The standard InChI is InChI=1S/C22H22F2N4O4S/c1-22(2,3)27-20(31)26-17(29)12-33-21-25-16-7-5-4-6-15(16)18(30)28(21)13-8-10-14(11-9-13)32-19(23)24/h4-11,19H,12H2,1-3H3,(H2,26,27,29,31). The molecule has 0 aliphatic heterocycles. The third kappa shape index (κ3) is 6.51. The molecule has 0 atom stereocenters. The van der Waals surface area contributed by atoms with Gasteiger partial charge in [0.1, 0.15) is 5.75 Å². The van der Waals surface area contributed by atoms with Gasteiger partial charge in [0, 0.05) is 5.54 Å². The Morgan fingerprint density at radius 2 is 1.79 bits per heavy atom. The van der Waals surface area contributed by atoms with E-state index in [1.54, 1.807) is 45.0 Å². The second-order valence-corrected chi connectivity index (χ2v) is 8.91. The number of urea groups is 1. The van der Waals surface area contributed by atoms with Crippen molar-refractivity contribution in [3.63, 3.8) is 0 Å². The molecule has 0 saturated carbocycles. The third-order valence-electron chi connectivity index (χ3n) is 4.14. The van der Waals surface area contributed by atoms with Crippen LogP contribution in [-0.2, 0) is 4.79 Å². The molecule has 0 saturated heterocycles. The van der Waals surface area contributed by atoms with E-state index in [4.69, 9.17) is 0 Å². The number of nitrogens with zero attached hydrogens (tertiary/aromatic N) is 2. The molecule has 1 aromatic heterocycles. The number of nitrogens with one attached hydrogen (secondary N) is 2. The highest BCUT2D eigenvalue weighted by Crippen LogP contribution is 2.23. The number of carbonyl (C=O) groups is 2. The van der Waals surface area contributed by atoms with Crippen LogP contribution < -0.4 is 20.9 Å². The first-order valence-corrected chi connectivity index (χ1v) is 10.8. The Morgan fingerprint density at radius 1 is 1.12 bits per heavy atom. The summed E-state index contributed by atoms with van der Waals surface area (Å²) in [6.45, 7) is 2.37. The Labute approximate surface area is 192 Å². The molecule has 0 radical (unpaired) electrons. The van der Waals surface area contributed by atoms with Crippen molar-refractivity contribution >= 4 is 34.6 Å². The van der Waals surface area contributed by atoms with Crippen molar-refractivity contribution in [1.29, 1.82) is 0 Å². The van der Waals surface area contributed by atoms with Crippen molar-refractivity contribution in [3.8, 4) is 11.4 Å². The van der Waals surface area contributed by atoms with Crippen molar-refractivity contribution in [2.75, 3.05) is 5.75 Å². The minimum atomic E-state index is -2.97. The van der Waals surface area contributed by atoms with Gasteiger partial charge in [-0.1, -0.05) is 23.9 Å². The molecule has 0 fully saturated rings. The largest absolute Gasteiger partial charge is 0.435 e. The minimum Gasteiger partial charge on any atom is -0.435 e. The Kier molecular flexibility index (Phi) is 7.32. The molecule has 0 aliphatic rings. The van der Waals surface area contributed by atoms with Crippen molar-refractivity contribution in [2.45, 2.75) is 38.1 Å². The SMILES string of the molecule is CC(C)(C)NC(=O)NC(=O)CSc1nc2ccccc2c(=O)n1-c1ccc(OC(F)F)cc1. The predicted octanol–water partition coefficient (Wildman–Crippen LogP) is 3.70.